The predicted molar refractivity (Wildman–Crippen MR) is 34.3 cm³/mol. The van der Waals surface area contributed by atoms with Crippen molar-refractivity contribution in [1.29, 1.82) is 0 Å². The Bertz CT molecular complexity index is 142. The molecule has 0 aromatic rings. The number of carbonyl (C=O) groups excluding carboxylic acids is 1. The Labute approximate surface area is 59.3 Å². The number of ether oxygens (including phenoxy) is 2. The molecule has 0 spiro atoms. The van der Waals surface area contributed by atoms with Gasteiger partial charge in [-0.05, 0) is 6.92 Å². The van der Waals surface area contributed by atoms with Crippen LogP contribution in [0.2, 0.25) is 0 Å². The van der Waals surface area contributed by atoms with Crippen LogP contribution in [-0.4, -0.2) is 18.5 Å². The van der Waals surface area contributed by atoms with Gasteiger partial charge < -0.3 is 9.47 Å². The van der Waals surface area contributed by atoms with Gasteiger partial charge >= 0.3 is 6.16 Å². The molecule has 1 aliphatic carbocycles. The standard InChI is InChI=1S/C6H11NO3/c1-2-9-5(8)10-6(7)3-4-6/h2-4,7H2,1H3. The first-order valence-corrected chi connectivity index (χ1v) is 3.31. The van der Waals surface area contributed by atoms with E-state index in [1.54, 1.807) is 6.92 Å². The second-order valence-corrected chi connectivity index (χ2v) is 2.35. The van der Waals surface area contributed by atoms with E-state index < -0.39 is 11.9 Å². The quantitative estimate of drug-likeness (QED) is 0.456. The highest BCUT2D eigenvalue weighted by Gasteiger charge is 2.43. The maximum Gasteiger partial charge on any atom is 0.510 e. The number of rotatable bonds is 2. The van der Waals surface area contributed by atoms with E-state index in [2.05, 4.69) is 4.74 Å². The maximum absolute atomic E-state index is 10.6. The van der Waals surface area contributed by atoms with E-state index in [-0.39, 0.29) is 0 Å². The largest absolute Gasteiger partial charge is 0.510 e. The molecule has 58 valence electrons. The molecule has 1 saturated carbocycles. The van der Waals surface area contributed by atoms with Crippen LogP contribution in [0.4, 0.5) is 4.79 Å². The Morgan fingerprint density at radius 1 is 1.70 bits per heavy atom. The summed E-state index contributed by atoms with van der Waals surface area (Å²) in [6, 6.07) is 0. The van der Waals surface area contributed by atoms with Crippen LogP contribution in [0.5, 0.6) is 0 Å². The molecule has 1 fully saturated rings. The van der Waals surface area contributed by atoms with Gasteiger partial charge in [-0.3, -0.25) is 5.73 Å². The molecule has 0 aromatic heterocycles. The monoisotopic (exact) mass is 145 g/mol. The molecule has 0 bridgehead atoms. The first kappa shape index (κ1) is 7.34. The van der Waals surface area contributed by atoms with Crippen molar-refractivity contribution in [2.75, 3.05) is 6.61 Å². The minimum absolute atomic E-state index is 0.328. The minimum atomic E-state index is -0.702. The molecule has 0 heterocycles. The van der Waals surface area contributed by atoms with Gasteiger partial charge in [-0.2, -0.15) is 0 Å². The number of nitrogens with two attached hydrogens (primary N) is 1. The molecule has 1 rings (SSSR count). The number of carbonyl (C=O) groups is 1. The smallest absolute Gasteiger partial charge is 0.435 e. The topological polar surface area (TPSA) is 61.5 Å². The molecular formula is C6H11NO3. The zero-order chi connectivity index (χ0) is 7.61. The molecule has 1 aliphatic rings. The highest BCUT2D eigenvalue weighted by molar-refractivity contribution is 5.60. The SMILES string of the molecule is CCOC(=O)OC1(N)CC1. The molecule has 0 aromatic carbocycles. The van der Waals surface area contributed by atoms with Crippen LogP contribution in [0.3, 0.4) is 0 Å². The van der Waals surface area contributed by atoms with Crippen molar-refractivity contribution < 1.29 is 14.3 Å². The van der Waals surface area contributed by atoms with Crippen molar-refractivity contribution in [1.82, 2.24) is 0 Å². The molecule has 0 aliphatic heterocycles. The summed E-state index contributed by atoms with van der Waals surface area (Å²) in [6.45, 7) is 2.05. The fourth-order valence-electron chi connectivity index (χ4n) is 0.539. The maximum atomic E-state index is 10.6. The average Bonchev–Trinajstić information content (AvgIpc) is 2.48. The second-order valence-electron chi connectivity index (χ2n) is 2.35. The third kappa shape index (κ3) is 1.88. The lowest BCUT2D eigenvalue weighted by atomic mass is 10.6. The first-order valence-electron chi connectivity index (χ1n) is 3.31. The van der Waals surface area contributed by atoms with Crippen LogP contribution in [-0.2, 0) is 9.47 Å². The van der Waals surface area contributed by atoms with Gasteiger partial charge in [-0.25, -0.2) is 4.79 Å². The Morgan fingerprint density at radius 2 is 2.30 bits per heavy atom. The summed E-state index contributed by atoms with van der Waals surface area (Å²) in [5.74, 6) is 0. The normalized spacial score (nSPS) is 19.8. The van der Waals surface area contributed by atoms with Crippen LogP contribution in [0.25, 0.3) is 0 Å². The van der Waals surface area contributed by atoms with Crippen molar-refractivity contribution >= 4 is 6.16 Å². The molecule has 4 heteroatoms. The summed E-state index contributed by atoms with van der Waals surface area (Å²) < 4.78 is 9.22. The Balaban J connectivity index is 2.18. The minimum Gasteiger partial charge on any atom is -0.435 e. The van der Waals surface area contributed by atoms with Gasteiger partial charge in [-0.1, -0.05) is 0 Å². The zero-order valence-corrected chi connectivity index (χ0v) is 5.92. The van der Waals surface area contributed by atoms with Gasteiger partial charge in [0, 0.05) is 12.8 Å². The number of hydrogen-bond acceptors (Lipinski definition) is 4. The summed E-state index contributed by atoms with van der Waals surface area (Å²) in [5.41, 5.74) is 4.75. The highest BCUT2D eigenvalue weighted by atomic mass is 16.7. The van der Waals surface area contributed by atoms with Gasteiger partial charge in [0.1, 0.15) is 0 Å². The van der Waals surface area contributed by atoms with Crippen molar-refractivity contribution in [3.05, 3.63) is 0 Å². The average molecular weight is 145 g/mol. The number of hydrogen-bond donors (Lipinski definition) is 1. The molecular weight excluding hydrogens is 134 g/mol. The lowest BCUT2D eigenvalue weighted by Gasteiger charge is -2.09. The summed E-state index contributed by atoms with van der Waals surface area (Å²) in [7, 11) is 0. The molecule has 0 atom stereocenters. The molecule has 0 radical (unpaired) electrons. The van der Waals surface area contributed by atoms with Crippen LogP contribution >= 0.6 is 0 Å². The van der Waals surface area contributed by atoms with Gasteiger partial charge in [0.05, 0.1) is 6.61 Å². The lowest BCUT2D eigenvalue weighted by molar-refractivity contribution is 0.0181. The third-order valence-electron chi connectivity index (χ3n) is 1.29. The van der Waals surface area contributed by atoms with E-state index in [1.165, 1.54) is 0 Å². The summed E-state index contributed by atoms with van der Waals surface area (Å²) in [6.07, 6.45) is 0.819. The third-order valence-corrected chi connectivity index (χ3v) is 1.29. The molecule has 0 saturated heterocycles. The summed E-state index contributed by atoms with van der Waals surface area (Å²) in [4.78, 5) is 10.6. The molecule has 10 heavy (non-hydrogen) atoms. The van der Waals surface area contributed by atoms with Crippen molar-refractivity contribution in [3.8, 4) is 0 Å². The lowest BCUT2D eigenvalue weighted by Crippen LogP contribution is -2.29. The molecule has 0 amide bonds. The van der Waals surface area contributed by atoms with Gasteiger partial charge in [0.15, 0.2) is 5.72 Å². The Kier molecular flexibility index (Phi) is 1.80. The van der Waals surface area contributed by atoms with Gasteiger partial charge in [0.2, 0.25) is 0 Å². The molecule has 4 nitrogen and oxygen atoms in total. The van der Waals surface area contributed by atoms with Crippen LogP contribution in [0.15, 0.2) is 0 Å². The zero-order valence-electron chi connectivity index (χ0n) is 5.92. The summed E-state index contributed by atoms with van der Waals surface area (Å²) >= 11 is 0. The Hall–Kier alpha value is -0.770. The van der Waals surface area contributed by atoms with E-state index in [4.69, 9.17) is 10.5 Å². The van der Waals surface area contributed by atoms with E-state index in [1.807, 2.05) is 0 Å². The predicted octanol–water partition coefficient (Wildman–Crippen LogP) is 0.608. The van der Waals surface area contributed by atoms with Gasteiger partial charge in [-0.15, -0.1) is 0 Å². The first-order chi connectivity index (χ1) is 4.66. The molecule has 2 N–H and O–H groups in total. The summed E-state index contributed by atoms with van der Waals surface area (Å²) in [5, 5.41) is 0. The second kappa shape index (κ2) is 2.46. The van der Waals surface area contributed by atoms with Crippen LogP contribution in [0.1, 0.15) is 19.8 Å². The van der Waals surface area contributed by atoms with Crippen LogP contribution in [0, 0.1) is 0 Å². The van der Waals surface area contributed by atoms with Crippen molar-refractivity contribution in [2.24, 2.45) is 5.73 Å². The highest BCUT2D eigenvalue weighted by Crippen LogP contribution is 2.33. The van der Waals surface area contributed by atoms with E-state index >= 15 is 0 Å². The van der Waals surface area contributed by atoms with E-state index in [9.17, 15) is 4.79 Å². The van der Waals surface area contributed by atoms with Crippen molar-refractivity contribution in [2.45, 2.75) is 25.5 Å². The Morgan fingerprint density at radius 3 is 2.70 bits per heavy atom. The van der Waals surface area contributed by atoms with Crippen molar-refractivity contribution in [3.63, 3.8) is 0 Å². The van der Waals surface area contributed by atoms with E-state index in [0.29, 0.717) is 6.61 Å². The molecule has 0 unspecified atom stereocenters. The van der Waals surface area contributed by atoms with Crippen LogP contribution < -0.4 is 5.73 Å². The fourth-order valence-corrected chi connectivity index (χ4v) is 0.539. The van der Waals surface area contributed by atoms with E-state index in [0.717, 1.165) is 12.8 Å². The fraction of sp³-hybridized carbons (Fsp3) is 0.833. The van der Waals surface area contributed by atoms with Gasteiger partial charge in [0.25, 0.3) is 0 Å².